The summed E-state index contributed by atoms with van der Waals surface area (Å²) in [6.07, 6.45) is 0. The molecular formula is C12H13N5O. The molecule has 4 N–H and O–H groups in total. The van der Waals surface area contributed by atoms with Crippen LogP contribution in [0.5, 0.6) is 5.75 Å². The van der Waals surface area contributed by atoms with E-state index in [4.69, 9.17) is 15.7 Å². The molecule has 0 aliphatic carbocycles. The molecule has 2 aromatic rings. The first-order chi connectivity index (χ1) is 8.76. The molecule has 0 aliphatic rings. The first kappa shape index (κ1) is 11.8. The maximum atomic E-state index is 8.98. The molecule has 1 aromatic carbocycles. The summed E-state index contributed by atoms with van der Waals surface area (Å²) in [4.78, 5) is 0. The number of aromatic amines is 1. The van der Waals surface area contributed by atoms with Crippen LogP contribution in [0.1, 0.15) is 12.5 Å². The van der Waals surface area contributed by atoms with Crippen LogP contribution in [-0.2, 0) is 0 Å². The highest BCUT2D eigenvalue weighted by molar-refractivity contribution is 5.71. The Morgan fingerprint density at radius 3 is 3.00 bits per heavy atom. The van der Waals surface area contributed by atoms with Gasteiger partial charge >= 0.3 is 0 Å². The van der Waals surface area contributed by atoms with Crippen molar-refractivity contribution in [3.63, 3.8) is 0 Å². The van der Waals surface area contributed by atoms with E-state index in [0.717, 1.165) is 5.69 Å². The molecule has 0 saturated carbocycles. The first-order valence-electron chi connectivity index (χ1n) is 5.49. The fourth-order valence-corrected chi connectivity index (χ4v) is 1.54. The van der Waals surface area contributed by atoms with E-state index in [9.17, 15) is 0 Å². The van der Waals surface area contributed by atoms with Crippen LogP contribution in [0.4, 0.5) is 17.3 Å². The smallest absolute Gasteiger partial charge is 0.172 e. The molecule has 2 rings (SSSR count). The van der Waals surface area contributed by atoms with E-state index >= 15 is 0 Å². The number of benzene rings is 1. The highest BCUT2D eigenvalue weighted by atomic mass is 16.5. The third-order valence-electron chi connectivity index (χ3n) is 2.35. The largest absolute Gasteiger partial charge is 0.492 e. The Bertz CT molecular complexity index is 584. The van der Waals surface area contributed by atoms with Crippen molar-refractivity contribution < 1.29 is 4.74 Å². The van der Waals surface area contributed by atoms with Crippen molar-refractivity contribution >= 4 is 17.3 Å². The van der Waals surface area contributed by atoms with Gasteiger partial charge in [0.1, 0.15) is 23.2 Å². The molecule has 6 nitrogen and oxygen atoms in total. The zero-order valence-corrected chi connectivity index (χ0v) is 9.90. The van der Waals surface area contributed by atoms with Crippen molar-refractivity contribution in [3.8, 4) is 11.8 Å². The lowest BCUT2D eigenvalue weighted by atomic mass is 10.2. The van der Waals surface area contributed by atoms with E-state index in [0.29, 0.717) is 23.7 Å². The number of nitriles is 1. The normalized spacial score (nSPS) is 9.78. The van der Waals surface area contributed by atoms with Crippen LogP contribution in [-0.4, -0.2) is 16.8 Å². The van der Waals surface area contributed by atoms with Crippen LogP contribution in [0.2, 0.25) is 0 Å². The molecule has 0 atom stereocenters. The standard InChI is InChI=1S/C12H13N5O/c1-2-18-10-6-4-3-5-9(10)15-12-8(7-13)11(14)16-17-12/h3-6H,2H2,1H3,(H4,14,15,16,17). The molecule has 0 bridgehead atoms. The van der Waals surface area contributed by atoms with Gasteiger partial charge < -0.3 is 15.8 Å². The van der Waals surface area contributed by atoms with Gasteiger partial charge in [0.2, 0.25) is 0 Å². The van der Waals surface area contributed by atoms with Gasteiger partial charge in [-0.2, -0.15) is 10.4 Å². The summed E-state index contributed by atoms with van der Waals surface area (Å²) in [5, 5.41) is 18.5. The van der Waals surface area contributed by atoms with Crippen LogP contribution in [0, 0.1) is 11.3 Å². The zero-order valence-electron chi connectivity index (χ0n) is 9.90. The van der Waals surface area contributed by atoms with Crippen molar-refractivity contribution in [1.29, 1.82) is 5.26 Å². The molecule has 0 fully saturated rings. The number of aromatic nitrogens is 2. The van der Waals surface area contributed by atoms with Gasteiger partial charge in [-0.25, -0.2) is 0 Å². The maximum absolute atomic E-state index is 8.98. The molecule has 18 heavy (non-hydrogen) atoms. The summed E-state index contributed by atoms with van der Waals surface area (Å²) in [5.74, 6) is 1.33. The zero-order chi connectivity index (χ0) is 13.0. The van der Waals surface area contributed by atoms with Gasteiger partial charge in [0.05, 0.1) is 12.3 Å². The van der Waals surface area contributed by atoms with E-state index in [1.807, 2.05) is 37.3 Å². The molecule has 0 unspecified atom stereocenters. The number of hydrogen-bond acceptors (Lipinski definition) is 5. The SMILES string of the molecule is CCOc1ccccc1Nc1n[nH]c(N)c1C#N. The summed E-state index contributed by atoms with van der Waals surface area (Å²) in [5.41, 5.74) is 6.62. The van der Waals surface area contributed by atoms with Crippen molar-refractivity contribution in [1.82, 2.24) is 10.2 Å². The third kappa shape index (κ3) is 2.20. The Hall–Kier alpha value is -2.68. The monoisotopic (exact) mass is 243 g/mol. The second-order valence-corrected chi connectivity index (χ2v) is 3.53. The van der Waals surface area contributed by atoms with Crippen molar-refractivity contribution in [3.05, 3.63) is 29.8 Å². The van der Waals surface area contributed by atoms with Crippen LogP contribution in [0.15, 0.2) is 24.3 Å². The number of hydrogen-bond donors (Lipinski definition) is 3. The van der Waals surface area contributed by atoms with Crippen LogP contribution >= 0.6 is 0 Å². The summed E-state index contributed by atoms with van der Waals surface area (Å²) in [6, 6.07) is 9.42. The Kier molecular flexibility index (Phi) is 3.34. The molecule has 0 radical (unpaired) electrons. The van der Waals surface area contributed by atoms with Gasteiger partial charge in [0.15, 0.2) is 5.82 Å². The van der Waals surface area contributed by atoms with Crippen LogP contribution < -0.4 is 15.8 Å². The van der Waals surface area contributed by atoms with Gasteiger partial charge in [-0.1, -0.05) is 12.1 Å². The summed E-state index contributed by atoms with van der Waals surface area (Å²) >= 11 is 0. The minimum Gasteiger partial charge on any atom is -0.492 e. The van der Waals surface area contributed by atoms with Gasteiger partial charge in [0.25, 0.3) is 0 Å². The fourth-order valence-electron chi connectivity index (χ4n) is 1.54. The first-order valence-corrected chi connectivity index (χ1v) is 5.49. The number of ether oxygens (including phenoxy) is 1. The Morgan fingerprint density at radius 1 is 1.50 bits per heavy atom. The molecule has 92 valence electrons. The topological polar surface area (TPSA) is 99.8 Å². The van der Waals surface area contributed by atoms with Crippen molar-refractivity contribution in [2.75, 3.05) is 17.7 Å². The molecular weight excluding hydrogens is 230 g/mol. The molecule has 1 aromatic heterocycles. The number of nitrogen functional groups attached to an aromatic ring is 1. The van der Waals surface area contributed by atoms with Crippen molar-refractivity contribution in [2.24, 2.45) is 0 Å². The average Bonchev–Trinajstić information content (AvgIpc) is 2.72. The van der Waals surface area contributed by atoms with E-state index in [1.54, 1.807) is 0 Å². The van der Waals surface area contributed by atoms with Gasteiger partial charge in [-0.05, 0) is 19.1 Å². The molecule has 6 heteroatoms. The third-order valence-corrected chi connectivity index (χ3v) is 2.35. The number of H-pyrrole nitrogens is 1. The summed E-state index contributed by atoms with van der Waals surface area (Å²) in [7, 11) is 0. The van der Waals surface area contributed by atoms with E-state index < -0.39 is 0 Å². The molecule has 0 spiro atoms. The lowest BCUT2D eigenvalue weighted by molar-refractivity contribution is 0.342. The fraction of sp³-hybridized carbons (Fsp3) is 0.167. The van der Waals surface area contributed by atoms with E-state index in [2.05, 4.69) is 15.5 Å². The second kappa shape index (κ2) is 5.10. The second-order valence-electron chi connectivity index (χ2n) is 3.53. The van der Waals surface area contributed by atoms with Gasteiger partial charge in [-0.15, -0.1) is 0 Å². The highest BCUT2D eigenvalue weighted by Crippen LogP contribution is 2.29. The molecule has 0 saturated heterocycles. The van der Waals surface area contributed by atoms with E-state index in [1.165, 1.54) is 0 Å². The Labute approximate surface area is 104 Å². The van der Waals surface area contributed by atoms with E-state index in [-0.39, 0.29) is 5.82 Å². The van der Waals surface area contributed by atoms with Gasteiger partial charge in [-0.3, -0.25) is 5.10 Å². The van der Waals surface area contributed by atoms with Crippen LogP contribution in [0.25, 0.3) is 0 Å². The number of rotatable bonds is 4. The molecule has 0 aliphatic heterocycles. The van der Waals surface area contributed by atoms with Crippen molar-refractivity contribution in [2.45, 2.75) is 6.92 Å². The minimum absolute atomic E-state index is 0.244. The number of nitrogens with zero attached hydrogens (tertiary/aromatic N) is 2. The number of nitrogens with two attached hydrogens (primary N) is 1. The molecule has 0 amide bonds. The minimum atomic E-state index is 0.244. The summed E-state index contributed by atoms with van der Waals surface area (Å²) < 4.78 is 5.47. The number of nitrogens with one attached hydrogen (secondary N) is 2. The molecule has 1 heterocycles. The Balaban J connectivity index is 2.31. The van der Waals surface area contributed by atoms with Gasteiger partial charge in [0, 0.05) is 0 Å². The maximum Gasteiger partial charge on any atom is 0.172 e. The number of para-hydroxylation sites is 2. The highest BCUT2D eigenvalue weighted by Gasteiger charge is 2.12. The lowest BCUT2D eigenvalue weighted by Gasteiger charge is -2.10. The Morgan fingerprint density at radius 2 is 2.28 bits per heavy atom. The number of anilines is 3. The predicted molar refractivity (Wildman–Crippen MR) is 68.6 cm³/mol. The predicted octanol–water partition coefficient (Wildman–Crippen LogP) is 2.01. The lowest BCUT2D eigenvalue weighted by Crippen LogP contribution is -1.99. The average molecular weight is 243 g/mol. The quantitative estimate of drug-likeness (QED) is 0.762. The van der Waals surface area contributed by atoms with Crippen LogP contribution in [0.3, 0.4) is 0 Å². The summed E-state index contributed by atoms with van der Waals surface area (Å²) in [6.45, 7) is 2.47.